The average Bonchev–Trinajstić information content (AvgIpc) is 3.32. The van der Waals surface area contributed by atoms with E-state index in [9.17, 15) is 9.90 Å². The van der Waals surface area contributed by atoms with Gasteiger partial charge in [-0.05, 0) is 29.8 Å². The molecule has 1 saturated heterocycles. The summed E-state index contributed by atoms with van der Waals surface area (Å²) in [5, 5.41) is 12.4. The first-order valence-corrected chi connectivity index (χ1v) is 11.0. The summed E-state index contributed by atoms with van der Waals surface area (Å²) in [6.07, 6.45) is -0.509. The van der Waals surface area contributed by atoms with Crippen LogP contribution in [0.15, 0.2) is 65.5 Å². The standard InChI is InChI=1S/C23H25N3O3S/c27-22(18-4-2-1-3-5-18)14-25-10-12-26(13-11-25)23(28)19-6-8-21(9-7-19)29-15-20-16-30-17-24-20/h1-9,16-17,22,27H,10-15H2. The van der Waals surface area contributed by atoms with Crippen LogP contribution in [-0.2, 0) is 6.61 Å². The maximum Gasteiger partial charge on any atom is 0.253 e. The summed E-state index contributed by atoms with van der Waals surface area (Å²) in [5.74, 6) is 0.753. The molecule has 3 aromatic rings. The van der Waals surface area contributed by atoms with Crippen molar-refractivity contribution >= 4 is 17.2 Å². The van der Waals surface area contributed by atoms with Gasteiger partial charge in [-0.15, -0.1) is 11.3 Å². The van der Waals surface area contributed by atoms with Gasteiger partial charge in [0.15, 0.2) is 0 Å². The Morgan fingerprint density at radius 2 is 1.80 bits per heavy atom. The molecule has 0 radical (unpaired) electrons. The van der Waals surface area contributed by atoms with Gasteiger partial charge in [-0.2, -0.15) is 0 Å². The second-order valence-electron chi connectivity index (χ2n) is 7.31. The third-order valence-corrected chi connectivity index (χ3v) is 5.88. The Bertz CT molecular complexity index is 924. The van der Waals surface area contributed by atoms with Crippen molar-refractivity contribution in [2.24, 2.45) is 0 Å². The minimum absolute atomic E-state index is 0.0318. The van der Waals surface area contributed by atoms with Crippen LogP contribution in [0.25, 0.3) is 0 Å². The Balaban J connectivity index is 1.25. The van der Waals surface area contributed by atoms with Gasteiger partial charge >= 0.3 is 0 Å². The van der Waals surface area contributed by atoms with Crippen LogP contribution in [0.2, 0.25) is 0 Å². The Morgan fingerprint density at radius 1 is 1.07 bits per heavy atom. The number of rotatable bonds is 7. The molecule has 1 unspecified atom stereocenters. The molecule has 7 heteroatoms. The molecule has 0 spiro atoms. The summed E-state index contributed by atoms with van der Waals surface area (Å²) in [6, 6.07) is 17.0. The van der Waals surface area contributed by atoms with Crippen molar-refractivity contribution in [3.8, 4) is 5.75 Å². The fourth-order valence-electron chi connectivity index (χ4n) is 3.50. The van der Waals surface area contributed by atoms with Gasteiger partial charge in [-0.1, -0.05) is 30.3 Å². The van der Waals surface area contributed by atoms with Crippen LogP contribution in [-0.4, -0.2) is 58.5 Å². The molecule has 2 heterocycles. The fourth-order valence-corrected chi connectivity index (χ4v) is 4.04. The predicted molar refractivity (Wildman–Crippen MR) is 117 cm³/mol. The van der Waals surface area contributed by atoms with Gasteiger partial charge in [-0.25, -0.2) is 4.98 Å². The van der Waals surface area contributed by atoms with E-state index < -0.39 is 6.10 Å². The zero-order valence-corrected chi connectivity index (χ0v) is 17.5. The van der Waals surface area contributed by atoms with Gasteiger partial charge in [0.25, 0.3) is 5.91 Å². The van der Waals surface area contributed by atoms with Crippen LogP contribution in [0.1, 0.15) is 27.7 Å². The van der Waals surface area contributed by atoms with Crippen molar-refractivity contribution in [3.05, 3.63) is 82.3 Å². The second kappa shape index (κ2) is 9.84. The highest BCUT2D eigenvalue weighted by Crippen LogP contribution is 2.18. The molecule has 1 aliphatic heterocycles. The fraction of sp³-hybridized carbons (Fsp3) is 0.304. The first-order valence-electron chi connectivity index (χ1n) is 10.0. The molecule has 0 bridgehead atoms. The molecule has 30 heavy (non-hydrogen) atoms. The van der Waals surface area contributed by atoms with Gasteiger partial charge in [0.05, 0.1) is 17.3 Å². The van der Waals surface area contributed by atoms with Crippen LogP contribution < -0.4 is 4.74 Å². The molecule has 1 aromatic heterocycles. The number of amides is 1. The SMILES string of the molecule is O=C(c1ccc(OCc2cscn2)cc1)N1CCN(CC(O)c2ccccc2)CC1. The van der Waals surface area contributed by atoms with Crippen LogP contribution in [0, 0.1) is 0 Å². The van der Waals surface area contributed by atoms with Crippen LogP contribution in [0.3, 0.4) is 0 Å². The monoisotopic (exact) mass is 423 g/mol. The summed E-state index contributed by atoms with van der Waals surface area (Å²) in [4.78, 5) is 21.1. The lowest BCUT2D eigenvalue weighted by Crippen LogP contribution is -2.49. The topological polar surface area (TPSA) is 65.9 Å². The summed E-state index contributed by atoms with van der Waals surface area (Å²) >= 11 is 1.54. The van der Waals surface area contributed by atoms with E-state index in [-0.39, 0.29) is 5.91 Å². The number of hydrogen-bond acceptors (Lipinski definition) is 6. The smallest absolute Gasteiger partial charge is 0.253 e. The van der Waals surface area contributed by atoms with E-state index in [1.165, 1.54) is 0 Å². The Morgan fingerprint density at radius 3 is 2.47 bits per heavy atom. The zero-order valence-electron chi connectivity index (χ0n) is 16.7. The van der Waals surface area contributed by atoms with Crippen LogP contribution in [0.4, 0.5) is 0 Å². The summed E-state index contributed by atoms with van der Waals surface area (Å²) in [6.45, 7) is 3.82. The number of thiazole rings is 1. The van der Waals surface area contributed by atoms with Gasteiger partial charge in [0, 0.05) is 43.7 Å². The molecular formula is C23H25N3O3S. The maximum absolute atomic E-state index is 12.8. The Kier molecular flexibility index (Phi) is 6.74. The zero-order chi connectivity index (χ0) is 20.8. The van der Waals surface area contributed by atoms with Crippen LogP contribution in [0.5, 0.6) is 5.75 Å². The number of piperazine rings is 1. The minimum atomic E-state index is -0.509. The first kappa shape index (κ1) is 20.5. The maximum atomic E-state index is 12.8. The Labute approximate surface area is 180 Å². The lowest BCUT2D eigenvalue weighted by molar-refractivity contribution is 0.0527. The largest absolute Gasteiger partial charge is 0.487 e. The van der Waals surface area contributed by atoms with Gasteiger partial charge in [0.1, 0.15) is 12.4 Å². The highest BCUT2D eigenvalue weighted by atomic mass is 32.1. The number of carbonyl (C=O) groups excluding carboxylic acids is 1. The first-order chi connectivity index (χ1) is 14.7. The number of ether oxygens (including phenoxy) is 1. The van der Waals surface area contributed by atoms with E-state index in [1.54, 1.807) is 16.8 Å². The van der Waals surface area contributed by atoms with E-state index in [0.717, 1.165) is 30.1 Å². The van der Waals surface area contributed by atoms with Crippen LogP contribution >= 0.6 is 11.3 Å². The average molecular weight is 424 g/mol. The number of nitrogens with zero attached hydrogens (tertiary/aromatic N) is 3. The van der Waals surface area contributed by atoms with Crippen molar-refractivity contribution < 1.29 is 14.6 Å². The van der Waals surface area contributed by atoms with Crippen molar-refractivity contribution in [1.29, 1.82) is 0 Å². The highest BCUT2D eigenvalue weighted by molar-refractivity contribution is 7.07. The van der Waals surface area contributed by atoms with Crippen molar-refractivity contribution in [1.82, 2.24) is 14.8 Å². The van der Waals surface area contributed by atoms with Gasteiger partial charge in [-0.3, -0.25) is 9.69 Å². The van der Waals surface area contributed by atoms with Crippen molar-refractivity contribution in [2.75, 3.05) is 32.7 Å². The third kappa shape index (κ3) is 5.24. The summed E-state index contributed by atoms with van der Waals surface area (Å²) < 4.78 is 5.71. The molecule has 1 fully saturated rings. The number of aliphatic hydroxyl groups excluding tert-OH is 1. The molecule has 1 N–H and O–H groups in total. The van der Waals surface area contributed by atoms with E-state index in [4.69, 9.17) is 4.74 Å². The number of β-amino-alcohol motifs (C(OH)–C–C–N with tert-alkyl or cyclic N) is 1. The predicted octanol–water partition coefficient (Wildman–Crippen LogP) is 3.21. The van der Waals surface area contributed by atoms with Crippen molar-refractivity contribution in [2.45, 2.75) is 12.7 Å². The highest BCUT2D eigenvalue weighted by Gasteiger charge is 2.23. The minimum Gasteiger partial charge on any atom is -0.487 e. The summed E-state index contributed by atoms with van der Waals surface area (Å²) in [7, 11) is 0. The molecule has 156 valence electrons. The molecule has 4 rings (SSSR count). The normalized spacial score (nSPS) is 15.7. The number of aliphatic hydroxyl groups is 1. The molecule has 0 saturated carbocycles. The number of aromatic nitrogens is 1. The molecule has 1 amide bonds. The number of hydrogen-bond donors (Lipinski definition) is 1. The molecule has 0 aliphatic carbocycles. The van der Waals surface area contributed by atoms with E-state index >= 15 is 0 Å². The summed E-state index contributed by atoms with van der Waals surface area (Å²) in [5.41, 5.74) is 4.26. The number of benzene rings is 2. The second-order valence-corrected chi connectivity index (χ2v) is 8.03. The Hall–Kier alpha value is -2.74. The number of carbonyl (C=O) groups is 1. The lowest BCUT2D eigenvalue weighted by atomic mass is 10.1. The van der Waals surface area contributed by atoms with Crippen molar-refractivity contribution in [3.63, 3.8) is 0 Å². The lowest BCUT2D eigenvalue weighted by Gasteiger charge is -2.35. The molecular weight excluding hydrogens is 398 g/mol. The molecule has 2 aromatic carbocycles. The van der Waals surface area contributed by atoms with E-state index in [2.05, 4.69) is 9.88 Å². The van der Waals surface area contributed by atoms with E-state index in [0.29, 0.717) is 31.8 Å². The van der Waals surface area contributed by atoms with Gasteiger partial charge in [0.2, 0.25) is 0 Å². The quantitative estimate of drug-likeness (QED) is 0.632. The van der Waals surface area contributed by atoms with E-state index in [1.807, 2.05) is 64.9 Å². The molecule has 1 atom stereocenters. The molecule has 1 aliphatic rings. The third-order valence-electron chi connectivity index (χ3n) is 5.25. The molecule has 6 nitrogen and oxygen atoms in total. The van der Waals surface area contributed by atoms with Gasteiger partial charge < -0.3 is 14.7 Å².